The molecule has 29 heavy (non-hydrogen) atoms. The molecule has 1 aliphatic rings. The van der Waals surface area contributed by atoms with Gasteiger partial charge < -0.3 is 15.7 Å². The summed E-state index contributed by atoms with van der Waals surface area (Å²) < 4.78 is 25.9. The smallest absolute Gasteiger partial charge is 0.242 e. The number of carbonyl (C=O) groups excluding carboxylic acids is 2. The van der Waals surface area contributed by atoms with Gasteiger partial charge in [-0.1, -0.05) is 23.2 Å². The largest absolute Gasteiger partial charge is 0.390 e. The summed E-state index contributed by atoms with van der Waals surface area (Å²) in [6, 6.07) is -1.57. The van der Waals surface area contributed by atoms with Gasteiger partial charge in [0.1, 0.15) is 6.04 Å². The molecule has 9 nitrogen and oxygen atoms in total. The van der Waals surface area contributed by atoms with E-state index in [1.807, 2.05) is 4.67 Å². The Morgan fingerprint density at radius 1 is 1.24 bits per heavy atom. The Balaban J connectivity index is 2.62. The predicted octanol–water partition coefficient (Wildman–Crippen LogP) is -0.227. The van der Waals surface area contributed by atoms with Gasteiger partial charge in [-0.3, -0.25) is 14.3 Å². The molecule has 0 radical (unpaired) electrons. The number of aliphatic hydroxyl groups excluding tert-OH is 1. The highest BCUT2D eigenvalue weighted by Crippen LogP contribution is 2.34. The monoisotopic (exact) mass is 452 g/mol. The van der Waals surface area contributed by atoms with Crippen LogP contribution in [0.15, 0.2) is 0 Å². The molecular formula is C18H37N4O5PS. The molecule has 0 aliphatic carbocycles. The first-order valence-corrected chi connectivity index (χ1v) is 12.3. The van der Waals surface area contributed by atoms with Gasteiger partial charge in [0, 0.05) is 19.6 Å². The zero-order chi connectivity index (χ0) is 22.7. The lowest BCUT2D eigenvalue weighted by Gasteiger charge is -2.44. The van der Waals surface area contributed by atoms with E-state index in [1.165, 1.54) is 7.05 Å². The molecule has 1 heterocycles. The first kappa shape index (κ1) is 26.2. The van der Waals surface area contributed by atoms with Crippen LogP contribution >= 0.6 is 9.39 Å². The van der Waals surface area contributed by atoms with Crippen LogP contribution in [0.2, 0.25) is 0 Å². The summed E-state index contributed by atoms with van der Waals surface area (Å²) in [6.07, 6.45) is 0.678. The van der Waals surface area contributed by atoms with Crippen LogP contribution in [0.3, 0.4) is 0 Å². The molecule has 0 saturated carbocycles. The lowest BCUT2D eigenvalue weighted by Crippen LogP contribution is -2.57. The molecule has 1 aliphatic heterocycles. The van der Waals surface area contributed by atoms with E-state index >= 15 is 0 Å². The summed E-state index contributed by atoms with van der Waals surface area (Å²) in [5, 5.41) is 15.6. The van der Waals surface area contributed by atoms with Crippen molar-refractivity contribution in [2.45, 2.75) is 71.3 Å². The Labute approximate surface area is 177 Å². The molecule has 11 heteroatoms. The Bertz CT molecular complexity index is 692. The highest BCUT2D eigenvalue weighted by atomic mass is 32.2. The van der Waals surface area contributed by atoms with Crippen molar-refractivity contribution < 1.29 is 23.1 Å². The molecule has 0 bridgehead atoms. The van der Waals surface area contributed by atoms with Crippen LogP contribution in [0, 0.1) is 11.8 Å². The summed E-state index contributed by atoms with van der Waals surface area (Å²) >= 11 is 0. The zero-order valence-electron chi connectivity index (χ0n) is 18.4. The van der Waals surface area contributed by atoms with Gasteiger partial charge in [0.2, 0.25) is 21.8 Å². The number of nitrogens with one attached hydrogen (secondary N) is 2. The van der Waals surface area contributed by atoms with E-state index in [0.717, 1.165) is 10.6 Å². The van der Waals surface area contributed by atoms with Crippen LogP contribution < -0.4 is 10.6 Å². The third-order valence-corrected chi connectivity index (χ3v) is 8.21. The van der Waals surface area contributed by atoms with E-state index in [0.29, 0.717) is 18.3 Å². The number of sulfonamides is 1. The third-order valence-electron chi connectivity index (χ3n) is 6.10. The summed E-state index contributed by atoms with van der Waals surface area (Å²) in [5.74, 6) is 0.208. The van der Waals surface area contributed by atoms with Gasteiger partial charge in [-0.2, -0.15) is 0 Å². The first-order valence-electron chi connectivity index (χ1n) is 9.89. The lowest BCUT2D eigenvalue weighted by molar-refractivity contribution is -0.133. The molecule has 8 unspecified atom stereocenters. The van der Waals surface area contributed by atoms with Crippen LogP contribution in [0.25, 0.3) is 0 Å². The molecule has 0 spiro atoms. The van der Waals surface area contributed by atoms with Gasteiger partial charge in [-0.05, 0) is 39.0 Å². The van der Waals surface area contributed by atoms with Crippen molar-refractivity contribution in [3.8, 4) is 0 Å². The molecule has 0 aromatic carbocycles. The van der Waals surface area contributed by atoms with Crippen molar-refractivity contribution in [1.82, 2.24) is 19.6 Å². The van der Waals surface area contributed by atoms with Crippen molar-refractivity contribution in [1.29, 1.82) is 0 Å². The van der Waals surface area contributed by atoms with Gasteiger partial charge in [0.25, 0.3) is 0 Å². The molecule has 8 atom stereocenters. The van der Waals surface area contributed by atoms with Crippen molar-refractivity contribution >= 4 is 31.2 Å². The molecule has 1 rings (SSSR count). The van der Waals surface area contributed by atoms with Crippen molar-refractivity contribution in [2.75, 3.05) is 19.8 Å². The van der Waals surface area contributed by atoms with Gasteiger partial charge in [0.05, 0.1) is 24.4 Å². The summed E-state index contributed by atoms with van der Waals surface area (Å²) in [5.41, 5.74) is 0. The number of likely N-dealkylation sites (N-methyl/N-ethyl adjacent to an activating group) is 1. The second-order valence-corrected chi connectivity index (χ2v) is 11.1. The maximum absolute atomic E-state index is 12.7. The third kappa shape index (κ3) is 7.14. The predicted molar refractivity (Wildman–Crippen MR) is 116 cm³/mol. The van der Waals surface area contributed by atoms with Crippen molar-refractivity contribution in [3.05, 3.63) is 0 Å². The normalized spacial score (nSPS) is 29.2. The highest BCUT2D eigenvalue weighted by molar-refractivity contribution is 7.88. The number of aliphatic hydroxyl groups is 1. The zero-order valence-corrected chi connectivity index (χ0v) is 20.4. The van der Waals surface area contributed by atoms with E-state index < -0.39 is 34.1 Å². The van der Waals surface area contributed by atoms with E-state index in [9.17, 15) is 23.1 Å². The topological polar surface area (TPSA) is 119 Å². The maximum Gasteiger partial charge on any atom is 0.242 e. The molecule has 2 amide bonds. The average Bonchev–Trinajstić information content (AvgIpc) is 2.61. The number of hydrogen-bond acceptors (Lipinski definition) is 6. The lowest BCUT2D eigenvalue weighted by atomic mass is 9.80. The highest BCUT2D eigenvalue weighted by Gasteiger charge is 2.38. The number of piperidine rings is 1. The Kier molecular flexibility index (Phi) is 9.48. The van der Waals surface area contributed by atoms with E-state index in [2.05, 4.69) is 40.8 Å². The molecule has 0 aromatic rings. The van der Waals surface area contributed by atoms with Gasteiger partial charge in [-0.15, -0.1) is 0 Å². The van der Waals surface area contributed by atoms with E-state index in [-0.39, 0.29) is 24.5 Å². The van der Waals surface area contributed by atoms with Crippen molar-refractivity contribution in [2.24, 2.45) is 11.8 Å². The number of amides is 2. The molecule has 170 valence electrons. The fourth-order valence-electron chi connectivity index (χ4n) is 3.34. The summed E-state index contributed by atoms with van der Waals surface area (Å²) in [7, 11) is 0.560. The number of nitrogens with zero attached hydrogens (tertiary/aromatic N) is 2. The molecular weight excluding hydrogens is 415 g/mol. The fourth-order valence-corrected chi connectivity index (χ4v) is 4.29. The van der Waals surface area contributed by atoms with Gasteiger partial charge >= 0.3 is 0 Å². The number of rotatable bonds is 8. The van der Waals surface area contributed by atoms with E-state index in [4.69, 9.17) is 0 Å². The SMILES string of the molecule is CC(NC(=O)C1CC(C)C(C)C(C)N1P)C(=O)NC(C)C(O)CN(C)S(C)(=O)=O. The second kappa shape index (κ2) is 10.5. The quantitative estimate of drug-likeness (QED) is 0.438. The minimum absolute atomic E-state index is 0.140. The molecule has 3 N–H and O–H groups in total. The van der Waals surface area contributed by atoms with Crippen LogP contribution in [-0.4, -0.2) is 84.4 Å². The van der Waals surface area contributed by atoms with Crippen LogP contribution in [0.1, 0.15) is 41.0 Å². The maximum atomic E-state index is 12.7. The van der Waals surface area contributed by atoms with Crippen LogP contribution in [-0.2, 0) is 19.6 Å². The average molecular weight is 453 g/mol. The van der Waals surface area contributed by atoms with E-state index in [1.54, 1.807) is 13.8 Å². The Hall–Kier alpha value is -0.800. The minimum Gasteiger partial charge on any atom is -0.390 e. The Morgan fingerprint density at radius 3 is 2.31 bits per heavy atom. The molecule has 1 saturated heterocycles. The summed E-state index contributed by atoms with van der Waals surface area (Å²) in [4.78, 5) is 25.2. The number of carbonyl (C=O) groups is 2. The molecule has 0 aromatic heterocycles. The molecule has 1 fully saturated rings. The summed E-state index contributed by atoms with van der Waals surface area (Å²) in [6.45, 7) is 9.42. The van der Waals surface area contributed by atoms with Crippen LogP contribution in [0.5, 0.6) is 0 Å². The Morgan fingerprint density at radius 2 is 1.79 bits per heavy atom. The fraction of sp³-hybridized carbons (Fsp3) is 0.889. The minimum atomic E-state index is -3.43. The second-order valence-electron chi connectivity index (χ2n) is 8.41. The van der Waals surface area contributed by atoms with Gasteiger partial charge in [0.15, 0.2) is 0 Å². The number of hydrogen-bond donors (Lipinski definition) is 3. The van der Waals surface area contributed by atoms with Crippen LogP contribution in [0.4, 0.5) is 0 Å². The standard InChI is InChI=1S/C18H37N4O5PS/c1-10-8-15(22(28)14(5)11(10)2)18(25)20-13(4)17(24)19-12(3)16(23)9-21(6)29(7,26)27/h10-16,23H,8-9,28H2,1-7H3,(H,19,24)(H,20,25). The first-order chi connectivity index (χ1) is 13.2. The van der Waals surface area contributed by atoms with Gasteiger partial charge in [-0.25, -0.2) is 12.7 Å². The van der Waals surface area contributed by atoms with Crippen molar-refractivity contribution in [3.63, 3.8) is 0 Å².